The minimum absolute atomic E-state index is 0.138. The molecule has 0 amide bonds. The van der Waals surface area contributed by atoms with Gasteiger partial charge in [0.1, 0.15) is 0 Å². The van der Waals surface area contributed by atoms with Crippen LogP contribution in [-0.4, -0.2) is 11.5 Å². The van der Waals surface area contributed by atoms with Crippen molar-refractivity contribution in [2.75, 3.05) is 6.54 Å². The molecule has 3 aromatic rings. The lowest BCUT2D eigenvalue weighted by Crippen LogP contribution is -2.23. The van der Waals surface area contributed by atoms with Crippen molar-refractivity contribution in [1.82, 2.24) is 10.3 Å². The molecular formula is C19H20N2. The summed E-state index contributed by atoms with van der Waals surface area (Å²) in [5, 5.41) is 4.73. The Morgan fingerprint density at radius 1 is 1.00 bits per heavy atom. The second-order valence-corrected chi connectivity index (χ2v) is 5.33. The fourth-order valence-corrected chi connectivity index (χ4v) is 2.69. The smallest absolute Gasteiger partial charge is 0.0751 e. The van der Waals surface area contributed by atoms with E-state index in [-0.39, 0.29) is 6.04 Å². The van der Waals surface area contributed by atoms with Crippen LogP contribution in [0.2, 0.25) is 0 Å². The number of rotatable bonds is 4. The molecule has 1 N–H and O–H groups in total. The SMILES string of the molecule is CCNC(c1cccc(C)c1)c1ccc2ccccc2n1. The average Bonchev–Trinajstić information content (AvgIpc) is 2.52. The molecule has 0 fully saturated rings. The summed E-state index contributed by atoms with van der Waals surface area (Å²) in [5.41, 5.74) is 4.66. The van der Waals surface area contributed by atoms with Crippen LogP contribution in [0, 0.1) is 6.92 Å². The molecule has 106 valence electrons. The molecule has 2 nitrogen and oxygen atoms in total. The number of nitrogens with zero attached hydrogens (tertiary/aromatic N) is 1. The third-order valence-electron chi connectivity index (χ3n) is 3.70. The molecule has 2 heteroatoms. The van der Waals surface area contributed by atoms with Crippen LogP contribution in [0.5, 0.6) is 0 Å². The maximum Gasteiger partial charge on any atom is 0.0751 e. The summed E-state index contributed by atoms with van der Waals surface area (Å²) in [4.78, 5) is 4.84. The number of benzene rings is 2. The molecule has 0 radical (unpaired) electrons. The Bertz CT molecular complexity index is 749. The molecule has 21 heavy (non-hydrogen) atoms. The number of hydrogen-bond donors (Lipinski definition) is 1. The van der Waals surface area contributed by atoms with E-state index in [1.165, 1.54) is 16.5 Å². The summed E-state index contributed by atoms with van der Waals surface area (Å²) >= 11 is 0. The molecule has 0 aliphatic carbocycles. The van der Waals surface area contributed by atoms with Crippen LogP contribution in [0.15, 0.2) is 60.7 Å². The van der Waals surface area contributed by atoms with Crippen LogP contribution in [0.1, 0.15) is 29.8 Å². The van der Waals surface area contributed by atoms with Crippen LogP contribution in [-0.2, 0) is 0 Å². The Hall–Kier alpha value is -2.19. The van der Waals surface area contributed by atoms with Gasteiger partial charge in [-0.05, 0) is 31.2 Å². The normalized spacial score (nSPS) is 12.5. The van der Waals surface area contributed by atoms with Crippen molar-refractivity contribution in [3.8, 4) is 0 Å². The summed E-state index contributed by atoms with van der Waals surface area (Å²) in [5.74, 6) is 0. The zero-order chi connectivity index (χ0) is 14.7. The number of aromatic nitrogens is 1. The Kier molecular flexibility index (Phi) is 3.98. The van der Waals surface area contributed by atoms with Gasteiger partial charge in [0, 0.05) is 5.39 Å². The van der Waals surface area contributed by atoms with Gasteiger partial charge in [-0.2, -0.15) is 0 Å². The van der Waals surface area contributed by atoms with Gasteiger partial charge in [0.2, 0.25) is 0 Å². The second kappa shape index (κ2) is 6.06. The van der Waals surface area contributed by atoms with Gasteiger partial charge in [0.15, 0.2) is 0 Å². The van der Waals surface area contributed by atoms with Gasteiger partial charge in [0.05, 0.1) is 17.3 Å². The van der Waals surface area contributed by atoms with Crippen LogP contribution in [0.25, 0.3) is 10.9 Å². The molecule has 2 aromatic carbocycles. The summed E-state index contributed by atoms with van der Waals surface area (Å²) in [6.07, 6.45) is 0. The summed E-state index contributed by atoms with van der Waals surface area (Å²) in [6, 6.07) is 21.3. The highest BCUT2D eigenvalue weighted by molar-refractivity contribution is 5.78. The van der Waals surface area contributed by atoms with E-state index in [9.17, 15) is 0 Å². The highest BCUT2D eigenvalue weighted by Gasteiger charge is 2.14. The average molecular weight is 276 g/mol. The van der Waals surface area contributed by atoms with E-state index in [0.29, 0.717) is 0 Å². The van der Waals surface area contributed by atoms with Crippen molar-refractivity contribution in [1.29, 1.82) is 0 Å². The fraction of sp³-hybridized carbons (Fsp3) is 0.211. The Morgan fingerprint density at radius 2 is 1.86 bits per heavy atom. The lowest BCUT2D eigenvalue weighted by atomic mass is 10.0. The lowest BCUT2D eigenvalue weighted by molar-refractivity contribution is 0.617. The number of nitrogens with one attached hydrogen (secondary N) is 1. The first-order chi connectivity index (χ1) is 10.3. The van der Waals surface area contributed by atoms with Gasteiger partial charge in [-0.25, -0.2) is 0 Å². The number of hydrogen-bond acceptors (Lipinski definition) is 2. The van der Waals surface area contributed by atoms with E-state index in [0.717, 1.165) is 17.8 Å². The lowest BCUT2D eigenvalue weighted by Gasteiger charge is -2.19. The van der Waals surface area contributed by atoms with Crippen LogP contribution in [0.3, 0.4) is 0 Å². The van der Waals surface area contributed by atoms with E-state index in [1.54, 1.807) is 0 Å². The molecule has 0 bridgehead atoms. The van der Waals surface area contributed by atoms with Crippen molar-refractivity contribution >= 4 is 10.9 Å². The van der Waals surface area contributed by atoms with Crippen LogP contribution >= 0.6 is 0 Å². The number of aryl methyl sites for hydroxylation is 1. The quantitative estimate of drug-likeness (QED) is 0.771. The van der Waals surface area contributed by atoms with E-state index in [4.69, 9.17) is 4.98 Å². The van der Waals surface area contributed by atoms with Crippen molar-refractivity contribution in [2.45, 2.75) is 19.9 Å². The van der Waals surface area contributed by atoms with Gasteiger partial charge >= 0.3 is 0 Å². The number of pyridine rings is 1. The number of fused-ring (bicyclic) bond motifs is 1. The molecule has 1 unspecified atom stereocenters. The first kappa shape index (κ1) is 13.8. The van der Waals surface area contributed by atoms with Gasteiger partial charge < -0.3 is 5.32 Å². The molecular weight excluding hydrogens is 256 g/mol. The molecule has 1 aromatic heterocycles. The minimum Gasteiger partial charge on any atom is -0.305 e. The first-order valence-corrected chi connectivity index (χ1v) is 7.43. The topological polar surface area (TPSA) is 24.9 Å². The largest absolute Gasteiger partial charge is 0.305 e. The Morgan fingerprint density at radius 3 is 2.67 bits per heavy atom. The standard InChI is InChI=1S/C19H20N2/c1-3-20-19(16-9-6-7-14(2)13-16)18-12-11-15-8-4-5-10-17(15)21-18/h4-13,19-20H,3H2,1-2H3. The third-order valence-corrected chi connectivity index (χ3v) is 3.70. The summed E-state index contributed by atoms with van der Waals surface area (Å²) < 4.78 is 0. The van der Waals surface area contributed by atoms with Crippen LogP contribution < -0.4 is 5.32 Å². The highest BCUT2D eigenvalue weighted by Crippen LogP contribution is 2.23. The second-order valence-electron chi connectivity index (χ2n) is 5.33. The molecule has 0 saturated carbocycles. The van der Waals surface area contributed by atoms with Gasteiger partial charge in [0.25, 0.3) is 0 Å². The monoisotopic (exact) mass is 276 g/mol. The fourth-order valence-electron chi connectivity index (χ4n) is 2.69. The molecule has 3 rings (SSSR count). The van der Waals surface area contributed by atoms with E-state index in [1.807, 2.05) is 12.1 Å². The van der Waals surface area contributed by atoms with Gasteiger partial charge in [-0.15, -0.1) is 0 Å². The predicted octanol–water partition coefficient (Wildman–Crippen LogP) is 4.24. The third kappa shape index (κ3) is 2.96. The van der Waals surface area contributed by atoms with Crippen molar-refractivity contribution in [3.63, 3.8) is 0 Å². The van der Waals surface area contributed by atoms with E-state index in [2.05, 4.69) is 67.7 Å². The first-order valence-electron chi connectivity index (χ1n) is 7.43. The molecule has 0 saturated heterocycles. The molecule has 1 atom stereocenters. The van der Waals surface area contributed by atoms with Crippen molar-refractivity contribution < 1.29 is 0 Å². The molecule has 0 spiro atoms. The zero-order valence-corrected chi connectivity index (χ0v) is 12.5. The Labute approximate surface area is 125 Å². The predicted molar refractivity (Wildman–Crippen MR) is 88.4 cm³/mol. The maximum absolute atomic E-state index is 4.84. The summed E-state index contributed by atoms with van der Waals surface area (Å²) in [7, 11) is 0. The van der Waals surface area contributed by atoms with Crippen molar-refractivity contribution in [3.05, 3.63) is 77.5 Å². The number of para-hydroxylation sites is 1. The summed E-state index contributed by atoms with van der Waals surface area (Å²) in [6.45, 7) is 5.16. The molecule has 0 aliphatic rings. The maximum atomic E-state index is 4.84. The highest BCUT2D eigenvalue weighted by atomic mass is 14.9. The Balaban J connectivity index is 2.06. The van der Waals surface area contributed by atoms with E-state index >= 15 is 0 Å². The zero-order valence-electron chi connectivity index (χ0n) is 12.5. The van der Waals surface area contributed by atoms with Gasteiger partial charge in [-0.1, -0.05) is 61.0 Å². The van der Waals surface area contributed by atoms with Gasteiger partial charge in [-0.3, -0.25) is 4.98 Å². The van der Waals surface area contributed by atoms with Crippen LogP contribution in [0.4, 0.5) is 0 Å². The minimum atomic E-state index is 0.138. The molecule has 0 aliphatic heterocycles. The van der Waals surface area contributed by atoms with Crippen molar-refractivity contribution in [2.24, 2.45) is 0 Å². The van der Waals surface area contributed by atoms with E-state index < -0.39 is 0 Å². The molecule has 1 heterocycles.